The topological polar surface area (TPSA) is 163 Å². The number of hydrogen-bond acceptors (Lipinski definition) is 9. The van der Waals surface area contributed by atoms with Crippen molar-refractivity contribution in [1.29, 1.82) is 0 Å². The Morgan fingerprint density at radius 2 is 1.69 bits per heavy atom. The molecule has 0 aliphatic carbocycles. The van der Waals surface area contributed by atoms with Gasteiger partial charge in [-0.1, -0.05) is 6.92 Å². The van der Waals surface area contributed by atoms with Gasteiger partial charge < -0.3 is 10.2 Å². The Balaban J connectivity index is 2.62. The van der Waals surface area contributed by atoms with Crippen LogP contribution in [0.4, 0.5) is 17.6 Å². The fourth-order valence-electron chi connectivity index (χ4n) is 1.93. The summed E-state index contributed by atoms with van der Waals surface area (Å²) in [6.07, 6.45) is 0.467. The summed E-state index contributed by atoms with van der Waals surface area (Å²) in [6, 6.07) is 2.54. The van der Waals surface area contributed by atoms with E-state index in [4.69, 9.17) is 4.55 Å². The van der Waals surface area contributed by atoms with Gasteiger partial charge in [0.1, 0.15) is 10.7 Å². The van der Waals surface area contributed by atoms with Gasteiger partial charge in [-0.2, -0.15) is 31.8 Å². The lowest BCUT2D eigenvalue weighted by Crippen LogP contribution is -2.16. The van der Waals surface area contributed by atoms with Crippen molar-refractivity contribution in [3.05, 3.63) is 24.0 Å². The van der Waals surface area contributed by atoms with Crippen molar-refractivity contribution in [2.24, 2.45) is 0 Å². The zero-order valence-electron chi connectivity index (χ0n) is 14.1. The lowest BCUT2D eigenvalue weighted by Gasteiger charge is -2.14. The molecule has 26 heavy (non-hydrogen) atoms. The largest absolute Gasteiger partial charge is 0.347 e. The van der Waals surface area contributed by atoms with E-state index in [1.165, 1.54) is 0 Å². The Bertz CT molecular complexity index is 1040. The van der Waals surface area contributed by atoms with Crippen molar-refractivity contribution in [3.8, 4) is 0 Å². The van der Waals surface area contributed by atoms with Crippen LogP contribution in [-0.2, 0) is 26.7 Å². The zero-order chi connectivity index (χ0) is 19.7. The van der Waals surface area contributed by atoms with Gasteiger partial charge in [0.25, 0.3) is 20.2 Å². The molecule has 0 saturated carbocycles. The molecule has 0 atom stereocenters. The summed E-state index contributed by atoms with van der Waals surface area (Å²) in [5.74, 6) is 0.641. The van der Waals surface area contributed by atoms with Crippen molar-refractivity contribution in [2.75, 3.05) is 24.3 Å². The lowest BCUT2D eigenvalue weighted by atomic mass is 10.3. The van der Waals surface area contributed by atoms with Crippen LogP contribution in [0.2, 0.25) is 0 Å². The number of benzene rings is 1. The fraction of sp³-hybridized carbons (Fsp3) is 0.308. The van der Waals surface area contributed by atoms with Crippen LogP contribution >= 0.6 is 0 Å². The predicted molar refractivity (Wildman–Crippen MR) is 92.9 cm³/mol. The maximum absolute atomic E-state index is 11.5. The highest BCUT2D eigenvalue weighted by Gasteiger charge is 2.21. The summed E-state index contributed by atoms with van der Waals surface area (Å²) in [6.45, 7) is 1.81. The molecule has 0 radical (unpaired) electrons. The van der Waals surface area contributed by atoms with E-state index in [1.807, 2.05) is 0 Å². The second kappa shape index (κ2) is 7.11. The minimum Gasteiger partial charge on any atom is -0.347 e. The highest BCUT2D eigenvalue weighted by atomic mass is 32.2. The van der Waals surface area contributed by atoms with E-state index in [0.717, 1.165) is 18.2 Å². The molecule has 3 N–H and O–H groups in total. The fourth-order valence-corrected chi connectivity index (χ4v) is 3.07. The molecule has 0 fully saturated rings. The van der Waals surface area contributed by atoms with Crippen molar-refractivity contribution < 1.29 is 25.9 Å². The van der Waals surface area contributed by atoms with Gasteiger partial charge in [0.2, 0.25) is 11.9 Å². The van der Waals surface area contributed by atoms with Gasteiger partial charge >= 0.3 is 0 Å². The predicted octanol–water partition coefficient (Wildman–Crippen LogP) is 0.737. The first-order valence-corrected chi connectivity index (χ1v) is 10.1. The lowest BCUT2D eigenvalue weighted by molar-refractivity contribution is 0.479. The van der Waals surface area contributed by atoms with Crippen LogP contribution in [0.15, 0.2) is 28.0 Å². The highest BCUT2D eigenvalue weighted by Crippen LogP contribution is 2.27. The smallest absolute Gasteiger partial charge is 0.296 e. The molecule has 0 amide bonds. The minimum absolute atomic E-state index is 0.0575. The molecule has 0 saturated heterocycles. The molecule has 1 aromatic carbocycles. The first-order valence-electron chi connectivity index (χ1n) is 7.20. The van der Waals surface area contributed by atoms with E-state index in [-0.39, 0.29) is 11.6 Å². The maximum atomic E-state index is 11.5. The molecule has 13 heteroatoms. The molecule has 11 nitrogen and oxygen atoms in total. The Morgan fingerprint density at radius 1 is 1.04 bits per heavy atom. The van der Waals surface area contributed by atoms with Crippen LogP contribution in [0, 0.1) is 0 Å². The third-order valence-corrected chi connectivity index (χ3v) is 4.92. The van der Waals surface area contributed by atoms with Crippen molar-refractivity contribution in [3.63, 3.8) is 0 Å². The van der Waals surface area contributed by atoms with Crippen LogP contribution in [0.25, 0.3) is 0 Å². The highest BCUT2D eigenvalue weighted by molar-refractivity contribution is 7.86. The Hall–Kier alpha value is -2.35. The summed E-state index contributed by atoms with van der Waals surface area (Å²) >= 11 is 0. The van der Waals surface area contributed by atoms with Gasteiger partial charge in [0, 0.05) is 20.5 Å². The summed E-state index contributed by atoms with van der Waals surface area (Å²) in [7, 11) is -5.88. The molecule has 2 aromatic rings. The van der Waals surface area contributed by atoms with Crippen LogP contribution in [-0.4, -0.2) is 55.0 Å². The van der Waals surface area contributed by atoms with Gasteiger partial charge in [-0.3, -0.25) is 9.11 Å². The molecule has 1 heterocycles. The van der Waals surface area contributed by atoms with Crippen LogP contribution < -0.4 is 10.2 Å². The number of nitrogens with one attached hydrogen (secondary N) is 1. The average Bonchev–Trinajstić information content (AvgIpc) is 2.52. The Kier molecular flexibility index (Phi) is 5.46. The summed E-state index contributed by atoms with van der Waals surface area (Å²) in [5.41, 5.74) is -0.319. The number of nitrogens with zero attached hydrogens (tertiary/aromatic N) is 4. The molecule has 1 aromatic heterocycles. The number of aryl methyl sites for hydroxylation is 1. The number of aromatic nitrogens is 3. The van der Waals surface area contributed by atoms with E-state index in [0.29, 0.717) is 18.2 Å². The molecule has 0 bridgehead atoms. The minimum atomic E-state index is -4.68. The molecule has 0 spiro atoms. The van der Waals surface area contributed by atoms with Crippen LogP contribution in [0.3, 0.4) is 0 Å². The van der Waals surface area contributed by atoms with Crippen LogP contribution in [0.1, 0.15) is 12.7 Å². The molecule has 142 valence electrons. The third-order valence-electron chi connectivity index (χ3n) is 3.16. The van der Waals surface area contributed by atoms with Gasteiger partial charge in [-0.05, 0) is 18.2 Å². The normalized spacial score (nSPS) is 12.0. The summed E-state index contributed by atoms with van der Waals surface area (Å²) in [4.78, 5) is 12.8. The summed E-state index contributed by atoms with van der Waals surface area (Å²) in [5, 5.41) is 2.56. The standard InChI is InChI=1S/C13H17N5O6S2/c1-4-11-15-12(17-13(16-11)18(2)3)14-9-7-8(25(19,20)21)5-6-10(9)26(22,23)24/h5-7H,4H2,1-3H3,(H,19,20,21)(H,22,23,24)(H,14,15,16,17). The first kappa shape index (κ1) is 20.0. The van der Waals surface area contributed by atoms with Gasteiger partial charge in [0.15, 0.2) is 0 Å². The maximum Gasteiger partial charge on any atom is 0.296 e. The van der Waals surface area contributed by atoms with E-state index >= 15 is 0 Å². The second-order valence-corrected chi connectivity index (χ2v) is 8.17. The Morgan fingerprint density at radius 3 is 2.19 bits per heavy atom. The molecular formula is C13H17N5O6S2. The van der Waals surface area contributed by atoms with E-state index < -0.39 is 30.0 Å². The third kappa shape index (κ3) is 4.63. The first-order chi connectivity index (χ1) is 11.9. The summed E-state index contributed by atoms with van der Waals surface area (Å²) < 4.78 is 64.2. The van der Waals surface area contributed by atoms with Crippen LogP contribution in [0.5, 0.6) is 0 Å². The monoisotopic (exact) mass is 403 g/mol. The second-order valence-electron chi connectivity index (χ2n) is 5.36. The Labute approximate surface area is 150 Å². The molecule has 0 aliphatic heterocycles. The SMILES string of the molecule is CCc1nc(Nc2cc(S(=O)(=O)O)ccc2S(=O)(=O)O)nc(N(C)C)n1. The molecule has 0 unspecified atom stereocenters. The zero-order valence-corrected chi connectivity index (χ0v) is 15.7. The van der Waals surface area contributed by atoms with E-state index in [1.54, 1.807) is 25.9 Å². The van der Waals surface area contributed by atoms with E-state index in [2.05, 4.69) is 20.3 Å². The average molecular weight is 403 g/mol. The molecular weight excluding hydrogens is 386 g/mol. The number of hydrogen-bond donors (Lipinski definition) is 3. The number of anilines is 3. The van der Waals surface area contributed by atoms with Crippen molar-refractivity contribution >= 4 is 37.8 Å². The van der Waals surface area contributed by atoms with E-state index in [9.17, 15) is 21.4 Å². The van der Waals surface area contributed by atoms with Crippen molar-refractivity contribution in [2.45, 2.75) is 23.1 Å². The van der Waals surface area contributed by atoms with Gasteiger partial charge in [-0.25, -0.2) is 0 Å². The quantitative estimate of drug-likeness (QED) is 0.583. The molecule has 2 rings (SSSR count). The molecule has 0 aliphatic rings. The number of rotatable bonds is 6. The van der Waals surface area contributed by atoms with Gasteiger partial charge in [0.05, 0.1) is 10.6 Å². The van der Waals surface area contributed by atoms with Gasteiger partial charge in [-0.15, -0.1) is 0 Å². The van der Waals surface area contributed by atoms with Crippen molar-refractivity contribution in [1.82, 2.24) is 15.0 Å².